The van der Waals surface area contributed by atoms with E-state index in [0.717, 1.165) is 5.56 Å². The minimum atomic E-state index is -0.572. The summed E-state index contributed by atoms with van der Waals surface area (Å²) in [4.78, 5) is 21.7. The van der Waals surface area contributed by atoms with E-state index < -0.39 is 18.0 Å². The lowest BCUT2D eigenvalue weighted by atomic mass is 10.2. The van der Waals surface area contributed by atoms with Gasteiger partial charge < -0.3 is 9.47 Å². The monoisotopic (exact) mass is 284 g/mol. The summed E-state index contributed by atoms with van der Waals surface area (Å²) in [5, 5.41) is 0. The van der Waals surface area contributed by atoms with E-state index >= 15 is 0 Å². The van der Waals surface area contributed by atoms with Gasteiger partial charge in [0.1, 0.15) is 12.7 Å². The van der Waals surface area contributed by atoms with E-state index in [4.69, 9.17) is 9.47 Å². The van der Waals surface area contributed by atoms with Crippen LogP contribution in [0.2, 0.25) is 0 Å². The lowest BCUT2D eigenvalue weighted by Crippen LogP contribution is -2.23. The first-order chi connectivity index (χ1) is 10.1. The molecule has 0 saturated carbocycles. The van der Waals surface area contributed by atoms with Crippen LogP contribution >= 0.6 is 0 Å². The van der Waals surface area contributed by atoms with Crippen molar-refractivity contribution in [1.82, 2.24) is 0 Å². The smallest absolute Gasteiger partial charge is 0.303 e. The number of esters is 2. The summed E-state index contributed by atoms with van der Waals surface area (Å²) in [5.41, 5.74) is 0.878. The fourth-order valence-electron chi connectivity index (χ4n) is 1.41. The molecule has 1 aromatic rings. The van der Waals surface area contributed by atoms with Crippen molar-refractivity contribution < 1.29 is 19.1 Å². The van der Waals surface area contributed by atoms with Crippen LogP contribution in [0.5, 0.6) is 0 Å². The minimum Gasteiger partial charge on any atom is -0.462 e. The van der Waals surface area contributed by atoms with Crippen molar-refractivity contribution in [3.63, 3.8) is 0 Å². The van der Waals surface area contributed by atoms with Crippen LogP contribution in [0.1, 0.15) is 25.8 Å². The maximum absolute atomic E-state index is 10.9. The quantitative estimate of drug-likeness (QED) is 0.626. The largest absolute Gasteiger partial charge is 0.462 e. The number of carbonyl (C=O) groups excluding carboxylic acids is 2. The van der Waals surface area contributed by atoms with Crippen LogP contribution < -0.4 is 0 Å². The standard InChI is InChI=1S/C17H16O4/c1-14(18)20-13-17(21-15(2)19)12-8-4-7-11-16-9-5-3-6-10-16/h3,5-6,9-10,17H,12-13H2,1-2H3/t17-/m0/s1. The van der Waals surface area contributed by atoms with Gasteiger partial charge in [-0.05, 0) is 24.0 Å². The summed E-state index contributed by atoms with van der Waals surface area (Å²) in [6.45, 7) is 2.58. The molecule has 0 bridgehead atoms. The van der Waals surface area contributed by atoms with E-state index in [1.54, 1.807) is 0 Å². The van der Waals surface area contributed by atoms with Crippen molar-refractivity contribution in [3.05, 3.63) is 35.9 Å². The van der Waals surface area contributed by atoms with Crippen LogP contribution in [0.3, 0.4) is 0 Å². The van der Waals surface area contributed by atoms with Crippen molar-refractivity contribution in [1.29, 1.82) is 0 Å². The predicted molar refractivity (Wildman–Crippen MR) is 77.9 cm³/mol. The molecule has 0 spiro atoms. The van der Waals surface area contributed by atoms with Gasteiger partial charge in [0.2, 0.25) is 0 Å². The Labute approximate surface area is 124 Å². The third-order valence-corrected chi connectivity index (χ3v) is 2.27. The minimum absolute atomic E-state index is 0.00426. The molecule has 0 fully saturated rings. The van der Waals surface area contributed by atoms with Gasteiger partial charge in [0, 0.05) is 19.4 Å². The first-order valence-electron chi connectivity index (χ1n) is 6.42. The molecule has 0 radical (unpaired) electrons. The Kier molecular flexibility index (Phi) is 7.18. The second kappa shape index (κ2) is 9.23. The summed E-state index contributed by atoms with van der Waals surface area (Å²) in [6.07, 6.45) is -0.312. The van der Waals surface area contributed by atoms with E-state index in [1.807, 2.05) is 30.3 Å². The topological polar surface area (TPSA) is 52.6 Å². The van der Waals surface area contributed by atoms with E-state index in [-0.39, 0.29) is 13.0 Å². The molecular weight excluding hydrogens is 268 g/mol. The van der Waals surface area contributed by atoms with Crippen LogP contribution in [0.25, 0.3) is 0 Å². The molecule has 0 N–H and O–H groups in total. The summed E-state index contributed by atoms with van der Waals surface area (Å²) >= 11 is 0. The van der Waals surface area contributed by atoms with Gasteiger partial charge in [0.15, 0.2) is 0 Å². The second-order valence-corrected chi connectivity index (χ2v) is 4.16. The normalized spacial score (nSPS) is 10.2. The number of rotatable bonds is 4. The Morgan fingerprint density at radius 1 is 1.10 bits per heavy atom. The first-order valence-corrected chi connectivity index (χ1v) is 6.42. The summed E-state index contributed by atoms with van der Waals surface area (Å²) in [6, 6.07) is 9.48. The number of benzene rings is 1. The van der Waals surface area contributed by atoms with Gasteiger partial charge in [-0.25, -0.2) is 0 Å². The van der Waals surface area contributed by atoms with Crippen LogP contribution in [0.4, 0.5) is 0 Å². The molecule has 1 aromatic carbocycles. The third-order valence-electron chi connectivity index (χ3n) is 2.27. The molecule has 4 heteroatoms. The van der Waals surface area contributed by atoms with Gasteiger partial charge in [-0.2, -0.15) is 0 Å². The van der Waals surface area contributed by atoms with Crippen LogP contribution in [0.15, 0.2) is 30.3 Å². The van der Waals surface area contributed by atoms with Crippen molar-refractivity contribution in [3.8, 4) is 23.7 Å². The summed E-state index contributed by atoms with van der Waals surface area (Å²) < 4.78 is 9.81. The molecule has 0 unspecified atom stereocenters. The molecule has 0 aliphatic carbocycles. The lowest BCUT2D eigenvalue weighted by Gasteiger charge is -2.13. The first kappa shape index (κ1) is 16.3. The average Bonchev–Trinajstić information content (AvgIpc) is 2.44. The number of hydrogen-bond acceptors (Lipinski definition) is 4. The molecule has 0 amide bonds. The summed E-state index contributed by atoms with van der Waals surface area (Å²) in [5.74, 6) is 10.2. The molecule has 0 saturated heterocycles. The zero-order chi connectivity index (χ0) is 15.5. The van der Waals surface area contributed by atoms with E-state index in [2.05, 4.69) is 23.7 Å². The van der Waals surface area contributed by atoms with Gasteiger partial charge in [-0.15, -0.1) is 0 Å². The van der Waals surface area contributed by atoms with E-state index in [0.29, 0.717) is 0 Å². The Morgan fingerprint density at radius 3 is 2.43 bits per heavy atom. The Morgan fingerprint density at radius 2 is 1.81 bits per heavy atom. The molecular formula is C17H16O4. The van der Waals surface area contributed by atoms with Crippen LogP contribution in [0, 0.1) is 23.7 Å². The molecule has 0 aliphatic rings. The molecule has 4 nitrogen and oxygen atoms in total. The van der Waals surface area contributed by atoms with Crippen molar-refractivity contribution in [2.75, 3.05) is 6.61 Å². The molecule has 1 rings (SSSR count). The second-order valence-electron chi connectivity index (χ2n) is 4.16. The molecule has 0 aromatic heterocycles. The van der Waals surface area contributed by atoms with Gasteiger partial charge in [-0.3, -0.25) is 9.59 Å². The van der Waals surface area contributed by atoms with Gasteiger partial charge >= 0.3 is 11.9 Å². The summed E-state index contributed by atoms with van der Waals surface area (Å²) in [7, 11) is 0. The van der Waals surface area contributed by atoms with E-state index in [9.17, 15) is 9.59 Å². The third kappa shape index (κ3) is 8.13. The van der Waals surface area contributed by atoms with Crippen LogP contribution in [-0.4, -0.2) is 24.6 Å². The van der Waals surface area contributed by atoms with E-state index in [1.165, 1.54) is 13.8 Å². The highest BCUT2D eigenvalue weighted by Crippen LogP contribution is 2.00. The fourth-order valence-corrected chi connectivity index (χ4v) is 1.41. The molecule has 0 heterocycles. The zero-order valence-electron chi connectivity index (χ0n) is 12.0. The number of ether oxygens (including phenoxy) is 2. The number of hydrogen-bond donors (Lipinski definition) is 0. The lowest BCUT2D eigenvalue weighted by molar-refractivity contribution is -0.155. The molecule has 0 aliphatic heterocycles. The predicted octanol–water partition coefficient (Wildman–Crippen LogP) is 1.93. The SMILES string of the molecule is CC(=O)OC[C@H](CC#CC#Cc1ccccc1)OC(C)=O. The fraction of sp³-hybridized carbons (Fsp3) is 0.294. The molecule has 1 atom stereocenters. The van der Waals surface area contributed by atoms with Crippen molar-refractivity contribution in [2.45, 2.75) is 26.4 Å². The van der Waals surface area contributed by atoms with Crippen LogP contribution in [-0.2, 0) is 19.1 Å². The molecule has 108 valence electrons. The molecule has 21 heavy (non-hydrogen) atoms. The zero-order valence-corrected chi connectivity index (χ0v) is 12.0. The van der Waals surface area contributed by atoms with Gasteiger partial charge in [-0.1, -0.05) is 30.0 Å². The maximum Gasteiger partial charge on any atom is 0.303 e. The average molecular weight is 284 g/mol. The Hall–Kier alpha value is -2.72. The Balaban J connectivity index is 2.53. The van der Waals surface area contributed by atoms with Crippen molar-refractivity contribution in [2.24, 2.45) is 0 Å². The maximum atomic E-state index is 10.9. The number of carbonyl (C=O) groups is 2. The Bertz CT molecular complexity index is 596. The highest BCUT2D eigenvalue weighted by Gasteiger charge is 2.12. The van der Waals surface area contributed by atoms with Gasteiger partial charge in [0.25, 0.3) is 0 Å². The van der Waals surface area contributed by atoms with Gasteiger partial charge in [0.05, 0.1) is 6.42 Å². The highest BCUT2D eigenvalue weighted by atomic mass is 16.6. The highest BCUT2D eigenvalue weighted by molar-refractivity contribution is 5.67. The van der Waals surface area contributed by atoms with Crippen molar-refractivity contribution >= 4 is 11.9 Å².